The van der Waals surface area contributed by atoms with Gasteiger partial charge >= 0.3 is 5.97 Å². The average molecular weight is 300 g/mol. The number of carboxylic acids is 1. The van der Waals surface area contributed by atoms with E-state index in [2.05, 4.69) is 4.98 Å². The number of hydrogen-bond acceptors (Lipinski definition) is 2. The van der Waals surface area contributed by atoms with Gasteiger partial charge in [0.1, 0.15) is 11.5 Å². The Morgan fingerprint density at radius 1 is 1.21 bits per heavy atom. The fourth-order valence-electron chi connectivity index (χ4n) is 1.64. The topological polar surface area (TPSA) is 50.2 Å². The summed E-state index contributed by atoms with van der Waals surface area (Å²) in [5.41, 5.74) is 0.449. The normalized spacial score (nSPS) is 10.5. The molecule has 1 heterocycles. The maximum absolute atomic E-state index is 13.8. The Morgan fingerprint density at radius 2 is 1.84 bits per heavy atom. The molecule has 98 valence electrons. The van der Waals surface area contributed by atoms with Crippen LogP contribution < -0.4 is 0 Å². The number of rotatable bonds is 3. The van der Waals surface area contributed by atoms with Crippen LogP contribution in [0.2, 0.25) is 10.0 Å². The Bertz CT molecular complexity index is 626. The summed E-state index contributed by atoms with van der Waals surface area (Å²) in [7, 11) is 0. The van der Waals surface area contributed by atoms with Crippen molar-refractivity contribution in [2.45, 2.75) is 6.42 Å². The van der Waals surface area contributed by atoms with E-state index in [1.807, 2.05) is 0 Å². The minimum Gasteiger partial charge on any atom is -0.481 e. The number of nitrogens with zero attached hydrogens (tertiary/aromatic N) is 1. The summed E-state index contributed by atoms with van der Waals surface area (Å²) in [4.78, 5) is 14.6. The highest BCUT2D eigenvalue weighted by atomic mass is 35.5. The molecule has 0 unspecified atom stereocenters. The molecule has 1 N–H and O–H groups in total. The van der Waals surface area contributed by atoms with Gasteiger partial charge in [-0.1, -0.05) is 29.3 Å². The van der Waals surface area contributed by atoms with Crippen molar-refractivity contribution < 1.29 is 14.3 Å². The molecule has 3 nitrogen and oxygen atoms in total. The molecule has 0 fully saturated rings. The first-order valence-electron chi connectivity index (χ1n) is 5.30. The number of aliphatic carboxylic acids is 1. The van der Waals surface area contributed by atoms with E-state index in [0.717, 1.165) is 6.07 Å². The molecule has 0 saturated heterocycles. The summed E-state index contributed by atoms with van der Waals surface area (Å²) in [6.45, 7) is 0. The Kier molecular flexibility index (Phi) is 4.02. The van der Waals surface area contributed by atoms with Crippen LogP contribution in [0.3, 0.4) is 0 Å². The van der Waals surface area contributed by atoms with Crippen LogP contribution >= 0.6 is 23.2 Å². The summed E-state index contributed by atoms with van der Waals surface area (Å²) in [5.74, 6) is -1.65. The molecule has 0 radical (unpaired) electrons. The molecule has 2 rings (SSSR count). The second-order valence-electron chi connectivity index (χ2n) is 3.80. The van der Waals surface area contributed by atoms with Crippen LogP contribution in [0.1, 0.15) is 5.69 Å². The predicted octanol–water partition coefficient (Wildman–Crippen LogP) is 3.82. The molecule has 1 aromatic heterocycles. The van der Waals surface area contributed by atoms with Crippen molar-refractivity contribution in [1.29, 1.82) is 0 Å². The van der Waals surface area contributed by atoms with Crippen LogP contribution in [0.25, 0.3) is 11.3 Å². The van der Waals surface area contributed by atoms with E-state index in [9.17, 15) is 9.18 Å². The van der Waals surface area contributed by atoms with Crippen molar-refractivity contribution in [3.8, 4) is 11.3 Å². The lowest BCUT2D eigenvalue weighted by Crippen LogP contribution is -2.04. The summed E-state index contributed by atoms with van der Waals surface area (Å²) >= 11 is 12.0. The number of halogens is 3. The van der Waals surface area contributed by atoms with E-state index in [1.54, 1.807) is 18.2 Å². The minimum atomic E-state index is -1.05. The third-order valence-electron chi connectivity index (χ3n) is 2.44. The molecule has 2 aromatic rings. The first kappa shape index (κ1) is 13.8. The van der Waals surface area contributed by atoms with Gasteiger partial charge in [-0.05, 0) is 24.3 Å². The second kappa shape index (κ2) is 5.55. The highest BCUT2D eigenvalue weighted by Gasteiger charge is 2.15. The summed E-state index contributed by atoms with van der Waals surface area (Å²) in [6.07, 6.45) is -0.296. The van der Waals surface area contributed by atoms with E-state index < -0.39 is 11.8 Å². The third-order valence-corrected chi connectivity index (χ3v) is 3.07. The zero-order valence-corrected chi connectivity index (χ0v) is 11.0. The SMILES string of the molecule is O=C(O)Cc1ccc(F)c(-c2c(Cl)cccc2Cl)n1. The quantitative estimate of drug-likeness (QED) is 0.937. The molecule has 6 heteroatoms. The second-order valence-corrected chi connectivity index (χ2v) is 4.61. The van der Waals surface area contributed by atoms with E-state index >= 15 is 0 Å². The van der Waals surface area contributed by atoms with Gasteiger partial charge in [0.2, 0.25) is 0 Å². The number of carboxylic acid groups (broad SMARTS) is 1. The molecule has 0 atom stereocenters. The van der Waals surface area contributed by atoms with Crippen LogP contribution in [0.15, 0.2) is 30.3 Å². The lowest BCUT2D eigenvalue weighted by molar-refractivity contribution is -0.136. The first-order chi connectivity index (χ1) is 8.99. The monoisotopic (exact) mass is 299 g/mol. The third kappa shape index (κ3) is 3.03. The van der Waals surface area contributed by atoms with Crippen molar-refractivity contribution in [3.63, 3.8) is 0 Å². The molecule has 0 spiro atoms. The minimum absolute atomic E-state index is 0.0469. The zero-order chi connectivity index (χ0) is 14.0. The lowest BCUT2D eigenvalue weighted by Gasteiger charge is -2.08. The molecule has 0 aliphatic carbocycles. The van der Waals surface area contributed by atoms with Gasteiger partial charge in [-0.2, -0.15) is 0 Å². The maximum atomic E-state index is 13.8. The Morgan fingerprint density at radius 3 is 2.42 bits per heavy atom. The van der Waals surface area contributed by atoms with Gasteiger partial charge in [0.25, 0.3) is 0 Å². The fraction of sp³-hybridized carbons (Fsp3) is 0.0769. The zero-order valence-electron chi connectivity index (χ0n) is 9.53. The largest absolute Gasteiger partial charge is 0.481 e. The van der Waals surface area contributed by atoms with E-state index in [0.29, 0.717) is 0 Å². The van der Waals surface area contributed by atoms with Gasteiger partial charge in [0.05, 0.1) is 22.2 Å². The number of aromatic nitrogens is 1. The van der Waals surface area contributed by atoms with Gasteiger partial charge in [0.15, 0.2) is 0 Å². The van der Waals surface area contributed by atoms with Crippen molar-refractivity contribution in [1.82, 2.24) is 4.98 Å². The number of benzene rings is 1. The smallest absolute Gasteiger partial charge is 0.309 e. The van der Waals surface area contributed by atoms with Gasteiger partial charge in [-0.3, -0.25) is 4.79 Å². The number of pyridine rings is 1. The van der Waals surface area contributed by atoms with Crippen LogP contribution in [0, 0.1) is 5.82 Å². The maximum Gasteiger partial charge on any atom is 0.309 e. The molecule has 0 aliphatic heterocycles. The summed E-state index contributed by atoms with van der Waals surface area (Å²) < 4.78 is 13.8. The van der Waals surface area contributed by atoms with Crippen molar-refractivity contribution in [2.75, 3.05) is 0 Å². The van der Waals surface area contributed by atoms with Gasteiger partial charge in [-0.25, -0.2) is 9.37 Å². The van der Waals surface area contributed by atoms with Crippen molar-refractivity contribution >= 4 is 29.2 Å². The molecule has 0 saturated carbocycles. The van der Waals surface area contributed by atoms with Crippen LogP contribution in [-0.4, -0.2) is 16.1 Å². The fourth-order valence-corrected chi connectivity index (χ4v) is 2.21. The summed E-state index contributed by atoms with van der Waals surface area (Å²) in [6, 6.07) is 7.23. The average Bonchev–Trinajstić information content (AvgIpc) is 2.32. The predicted molar refractivity (Wildman–Crippen MR) is 71.0 cm³/mol. The first-order valence-corrected chi connectivity index (χ1v) is 6.06. The van der Waals surface area contributed by atoms with E-state index in [-0.39, 0.29) is 33.4 Å². The Hall–Kier alpha value is -1.65. The Labute approximate surface area is 118 Å². The van der Waals surface area contributed by atoms with Gasteiger partial charge in [-0.15, -0.1) is 0 Å². The van der Waals surface area contributed by atoms with Crippen LogP contribution in [0.5, 0.6) is 0 Å². The highest BCUT2D eigenvalue weighted by molar-refractivity contribution is 6.39. The van der Waals surface area contributed by atoms with E-state index in [4.69, 9.17) is 28.3 Å². The molecule has 0 amide bonds. The van der Waals surface area contributed by atoms with Crippen LogP contribution in [0.4, 0.5) is 4.39 Å². The molecular formula is C13H8Cl2FNO2. The highest BCUT2D eigenvalue weighted by Crippen LogP contribution is 2.34. The van der Waals surface area contributed by atoms with E-state index in [1.165, 1.54) is 6.07 Å². The molecular weight excluding hydrogens is 292 g/mol. The number of carbonyl (C=O) groups is 1. The van der Waals surface area contributed by atoms with Gasteiger partial charge < -0.3 is 5.11 Å². The number of hydrogen-bond donors (Lipinski definition) is 1. The molecule has 0 aliphatic rings. The van der Waals surface area contributed by atoms with Gasteiger partial charge in [0, 0.05) is 5.56 Å². The van der Waals surface area contributed by atoms with Crippen molar-refractivity contribution in [3.05, 3.63) is 51.9 Å². The lowest BCUT2D eigenvalue weighted by atomic mass is 10.1. The molecule has 1 aromatic carbocycles. The molecule has 19 heavy (non-hydrogen) atoms. The van der Waals surface area contributed by atoms with Crippen LogP contribution in [-0.2, 0) is 11.2 Å². The standard InChI is InChI=1S/C13H8Cl2FNO2/c14-8-2-1-3-9(15)12(8)13-10(16)5-4-7(17-13)6-11(18)19/h1-5H,6H2,(H,18,19). The Balaban J connectivity index is 2.58. The summed E-state index contributed by atoms with van der Waals surface area (Å²) in [5, 5.41) is 9.23. The molecule has 0 bridgehead atoms. The van der Waals surface area contributed by atoms with Crippen molar-refractivity contribution in [2.24, 2.45) is 0 Å².